The fourth-order valence-corrected chi connectivity index (χ4v) is 2.13. The summed E-state index contributed by atoms with van der Waals surface area (Å²) in [6, 6.07) is 4.50. The van der Waals surface area contributed by atoms with E-state index in [0.29, 0.717) is 16.5 Å². The van der Waals surface area contributed by atoms with Gasteiger partial charge in [-0.1, -0.05) is 25.4 Å². The lowest BCUT2D eigenvalue weighted by Gasteiger charge is -2.14. The molecule has 0 aliphatic carbocycles. The molecular formula is C15H18ClFN4. The summed E-state index contributed by atoms with van der Waals surface area (Å²) in [5.74, 6) is 0.977. The first-order chi connectivity index (χ1) is 10.2. The number of rotatable bonds is 6. The monoisotopic (exact) mass is 308 g/mol. The second kappa shape index (κ2) is 7.22. The SMILES string of the molecule is CCCNc1ncnc(Nc2ccc(Cl)cc2F)c1CC. The van der Waals surface area contributed by atoms with Crippen LogP contribution in [-0.4, -0.2) is 16.5 Å². The summed E-state index contributed by atoms with van der Waals surface area (Å²) in [5, 5.41) is 6.63. The molecular weight excluding hydrogens is 291 g/mol. The summed E-state index contributed by atoms with van der Waals surface area (Å²) in [7, 11) is 0. The molecule has 0 saturated carbocycles. The highest BCUT2D eigenvalue weighted by atomic mass is 35.5. The van der Waals surface area contributed by atoms with Gasteiger partial charge in [0, 0.05) is 17.1 Å². The Kier molecular flexibility index (Phi) is 5.33. The van der Waals surface area contributed by atoms with Gasteiger partial charge in [-0.25, -0.2) is 14.4 Å². The zero-order valence-corrected chi connectivity index (χ0v) is 12.8. The Bertz CT molecular complexity index is 619. The van der Waals surface area contributed by atoms with Gasteiger partial charge in [-0.2, -0.15) is 0 Å². The van der Waals surface area contributed by atoms with Crippen LogP contribution in [0.2, 0.25) is 5.02 Å². The quantitative estimate of drug-likeness (QED) is 0.830. The van der Waals surface area contributed by atoms with Gasteiger partial charge in [-0.15, -0.1) is 0 Å². The molecule has 0 aliphatic rings. The minimum absolute atomic E-state index is 0.342. The van der Waals surface area contributed by atoms with Crippen molar-refractivity contribution in [1.29, 1.82) is 0 Å². The third-order valence-electron chi connectivity index (χ3n) is 3.03. The minimum Gasteiger partial charge on any atom is -0.370 e. The summed E-state index contributed by atoms with van der Waals surface area (Å²) in [6.45, 7) is 4.93. The van der Waals surface area contributed by atoms with Crippen molar-refractivity contribution in [3.63, 3.8) is 0 Å². The van der Waals surface area contributed by atoms with E-state index in [2.05, 4.69) is 27.5 Å². The van der Waals surface area contributed by atoms with Gasteiger partial charge >= 0.3 is 0 Å². The predicted octanol–water partition coefficient (Wildman–Crippen LogP) is 4.40. The van der Waals surface area contributed by atoms with Gasteiger partial charge in [0.25, 0.3) is 0 Å². The summed E-state index contributed by atoms with van der Waals surface area (Å²) in [4.78, 5) is 8.46. The second-order valence-corrected chi connectivity index (χ2v) is 5.02. The van der Waals surface area contributed by atoms with E-state index in [9.17, 15) is 4.39 Å². The molecule has 6 heteroatoms. The van der Waals surface area contributed by atoms with Crippen molar-refractivity contribution in [2.75, 3.05) is 17.2 Å². The van der Waals surface area contributed by atoms with Crippen molar-refractivity contribution in [2.45, 2.75) is 26.7 Å². The third kappa shape index (κ3) is 3.82. The molecule has 0 amide bonds. The summed E-state index contributed by atoms with van der Waals surface area (Å²) < 4.78 is 13.9. The van der Waals surface area contributed by atoms with E-state index in [1.807, 2.05) is 6.92 Å². The topological polar surface area (TPSA) is 49.8 Å². The van der Waals surface area contributed by atoms with Crippen LogP contribution >= 0.6 is 11.6 Å². The van der Waals surface area contributed by atoms with Crippen molar-refractivity contribution in [3.05, 3.63) is 40.9 Å². The number of aromatic nitrogens is 2. The largest absolute Gasteiger partial charge is 0.370 e. The average molecular weight is 309 g/mol. The van der Waals surface area contributed by atoms with Gasteiger partial charge in [0.15, 0.2) is 0 Å². The first-order valence-corrected chi connectivity index (χ1v) is 7.33. The molecule has 4 nitrogen and oxygen atoms in total. The molecule has 0 aliphatic heterocycles. The number of nitrogens with zero attached hydrogens (tertiary/aromatic N) is 2. The Balaban J connectivity index is 2.30. The van der Waals surface area contributed by atoms with E-state index in [1.54, 1.807) is 12.1 Å². The maximum atomic E-state index is 13.9. The minimum atomic E-state index is -0.411. The molecule has 0 fully saturated rings. The molecule has 1 aromatic carbocycles. The first kappa shape index (κ1) is 15.5. The predicted molar refractivity (Wildman–Crippen MR) is 84.9 cm³/mol. The Morgan fingerprint density at radius 3 is 2.62 bits per heavy atom. The van der Waals surface area contributed by atoms with Gasteiger partial charge in [-0.3, -0.25) is 0 Å². The Hall–Kier alpha value is -1.88. The van der Waals surface area contributed by atoms with Crippen molar-refractivity contribution in [3.8, 4) is 0 Å². The molecule has 0 bridgehead atoms. The molecule has 2 aromatic rings. The number of anilines is 3. The van der Waals surface area contributed by atoms with Gasteiger partial charge in [0.2, 0.25) is 0 Å². The van der Waals surface area contributed by atoms with Gasteiger partial charge in [0.05, 0.1) is 5.69 Å². The van der Waals surface area contributed by atoms with E-state index in [4.69, 9.17) is 11.6 Å². The van der Waals surface area contributed by atoms with Crippen molar-refractivity contribution in [2.24, 2.45) is 0 Å². The van der Waals surface area contributed by atoms with Gasteiger partial charge in [-0.05, 0) is 31.0 Å². The van der Waals surface area contributed by atoms with Crippen LogP contribution in [0.4, 0.5) is 21.7 Å². The van der Waals surface area contributed by atoms with Crippen LogP contribution < -0.4 is 10.6 Å². The van der Waals surface area contributed by atoms with Gasteiger partial charge in [0.1, 0.15) is 23.8 Å². The maximum absolute atomic E-state index is 13.9. The lowest BCUT2D eigenvalue weighted by Crippen LogP contribution is -2.09. The van der Waals surface area contributed by atoms with Crippen LogP contribution in [0.15, 0.2) is 24.5 Å². The van der Waals surface area contributed by atoms with Crippen LogP contribution in [0.1, 0.15) is 25.8 Å². The van der Waals surface area contributed by atoms with E-state index in [1.165, 1.54) is 12.4 Å². The molecule has 0 saturated heterocycles. The molecule has 2 rings (SSSR count). The number of benzene rings is 1. The van der Waals surface area contributed by atoms with Crippen LogP contribution in [0.5, 0.6) is 0 Å². The van der Waals surface area contributed by atoms with Crippen molar-refractivity contribution in [1.82, 2.24) is 9.97 Å². The maximum Gasteiger partial charge on any atom is 0.148 e. The van der Waals surface area contributed by atoms with Crippen LogP contribution in [0.3, 0.4) is 0 Å². The molecule has 2 N–H and O–H groups in total. The van der Waals surface area contributed by atoms with Crippen LogP contribution in [0.25, 0.3) is 0 Å². The fraction of sp³-hybridized carbons (Fsp3) is 0.333. The molecule has 112 valence electrons. The van der Waals surface area contributed by atoms with E-state index in [-0.39, 0.29) is 0 Å². The highest BCUT2D eigenvalue weighted by molar-refractivity contribution is 6.30. The number of hydrogen-bond acceptors (Lipinski definition) is 4. The Labute approximate surface area is 128 Å². The van der Waals surface area contributed by atoms with Crippen molar-refractivity contribution >= 4 is 28.9 Å². The summed E-state index contributed by atoms with van der Waals surface area (Å²) in [5.41, 5.74) is 1.27. The Morgan fingerprint density at radius 2 is 1.95 bits per heavy atom. The molecule has 0 radical (unpaired) electrons. The smallest absolute Gasteiger partial charge is 0.148 e. The molecule has 0 atom stereocenters. The molecule has 21 heavy (non-hydrogen) atoms. The molecule has 1 aromatic heterocycles. The second-order valence-electron chi connectivity index (χ2n) is 4.58. The summed E-state index contributed by atoms with van der Waals surface area (Å²) >= 11 is 5.76. The molecule has 0 spiro atoms. The Morgan fingerprint density at radius 1 is 1.19 bits per heavy atom. The highest BCUT2D eigenvalue weighted by Gasteiger charge is 2.11. The standard InChI is InChI=1S/C15H18ClFN4/c1-3-7-18-14-11(4-2)15(20-9-19-14)21-13-6-5-10(16)8-12(13)17/h5-6,8-9H,3-4,7H2,1-2H3,(H2,18,19,20,21). The number of halogens is 2. The lowest BCUT2D eigenvalue weighted by atomic mass is 10.2. The lowest BCUT2D eigenvalue weighted by molar-refractivity contribution is 0.632. The highest BCUT2D eigenvalue weighted by Crippen LogP contribution is 2.26. The van der Waals surface area contributed by atoms with Crippen LogP contribution in [0, 0.1) is 5.82 Å². The first-order valence-electron chi connectivity index (χ1n) is 6.95. The number of hydrogen-bond donors (Lipinski definition) is 2. The fourth-order valence-electron chi connectivity index (χ4n) is 1.97. The average Bonchev–Trinajstić information content (AvgIpc) is 2.48. The van der Waals surface area contributed by atoms with Gasteiger partial charge < -0.3 is 10.6 Å². The molecule has 0 unspecified atom stereocenters. The third-order valence-corrected chi connectivity index (χ3v) is 3.26. The zero-order chi connectivity index (χ0) is 15.2. The van der Waals surface area contributed by atoms with Crippen LogP contribution in [-0.2, 0) is 6.42 Å². The van der Waals surface area contributed by atoms with E-state index < -0.39 is 5.82 Å². The molecule has 1 heterocycles. The van der Waals surface area contributed by atoms with E-state index in [0.717, 1.165) is 30.8 Å². The number of nitrogens with one attached hydrogen (secondary N) is 2. The van der Waals surface area contributed by atoms with Crippen molar-refractivity contribution < 1.29 is 4.39 Å². The van der Waals surface area contributed by atoms with E-state index >= 15 is 0 Å². The normalized spacial score (nSPS) is 10.5. The summed E-state index contributed by atoms with van der Waals surface area (Å²) in [6.07, 6.45) is 3.21. The zero-order valence-electron chi connectivity index (χ0n) is 12.1.